The smallest absolute Gasteiger partial charge is 0.128 e. The van der Waals surface area contributed by atoms with Gasteiger partial charge < -0.3 is 19.8 Å². The molecule has 0 saturated carbocycles. The van der Waals surface area contributed by atoms with Crippen LogP contribution in [0.15, 0.2) is 12.1 Å². The number of rotatable bonds is 7. The van der Waals surface area contributed by atoms with E-state index in [2.05, 4.69) is 4.98 Å². The van der Waals surface area contributed by atoms with Gasteiger partial charge in [0, 0.05) is 26.4 Å². The molecule has 0 aromatic carbocycles. The lowest BCUT2D eigenvalue weighted by Gasteiger charge is -2.22. The summed E-state index contributed by atoms with van der Waals surface area (Å²) in [6.45, 7) is 2.76. The van der Waals surface area contributed by atoms with Crippen molar-refractivity contribution in [2.24, 2.45) is 0 Å². The van der Waals surface area contributed by atoms with Crippen LogP contribution in [-0.4, -0.2) is 48.6 Å². The highest BCUT2D eigenvalue weighted by Crippen LogP contribution is 2.15. The fraction of sp³-hybridized carbons (Fsp3) is 0.615. The molecule has 0 fully saturated rings. The second-order valence-corrected chi connectivity index (χ2v) is 4.33. The minimum atomic E-state index is -0.551. The quantitative estimate of drug-likeness (QED) is 0.745. The normalized spacial score (nSPS) is 12.5. The molecule has 1 rings (SSSR count). The molecule has 0 bridgehead atoms. The van der Waals surface area contributed by atoms with Gasteiger partial charge in [0.05, 0.1) is 19.3 Å². The first-order valence-corrected chi connectivity index (χ1v) is 6.09. The van der Waals surface area contributed by atoms with E-state index in [0.29, 0.717) is 13.2 Å². The van der Waals surface area contributed by atoms with Gasteiger partial charge in [-0.05, 0) is 24.1 Å². The number of aliphatic hydroxyl groups is 2. The molecule has 0 saturated heterocycles. The lowest BCUT2D eigenvalue weighted by molar-refractivity contribution is 0.0694. The van der Waals surface area contributed by atoms with E-state index in [0.717, 1.165) is 23.5 Å². The fourth-order valence-electron chi connectivity index (χ4n) is 1.76. The van der Waals surface area contributed by atoms with Gasteiger partial charge in [-0.25, -0.2) is 4.98 Å². The van der Waals surface area contributed by atoms with E-state index in [4.69, 9.17) is 4.74 Å². The first-order chi connectivity index (χ1) is 8.60. The molecule has 0 spiro atoms. The third-order valence-electron chi connectivity index (χ3n) is 2.70. The predicted molar refractivity (Wildman–Crippen MR) is 70.7 cm³/mol. The van der Waals surface area contributed by atoms with Crippen molar-refractivity contribution in [1.82, 2.24) is 4.98 Å². The molecule has 0 aliphatic carbocycles. The van der Waals surface area contributed by atoms with Crippen molar-refractivity contribution in [2.45, 2.75) is 26.1 Å². The summed E-state index contributed by atoms with van der Waals surface area (Å²) in [6, 6.07) is 3.72. The van der Waals surface area contributed by atoms with Crippen LogP contribution in [0.4, 0.5) is 5.82 Å². The minimum Gasteiger partial charge on any atom is -0.392 e. The van der Waals surface area contributed by atoms with E-state index >= 15 is 0 Å². The van der Waals surface area contributed by atoms with Gasteiger partial charge >= 0.3 is 0 Å². The van der Waals surface area contributed by atoms with Crippen molar-refractivity contribution in [1.29, 1.82) is 0 Å². The number of methoxy groups -OCH3 is 1. The highest BCUT2D eigenvalue weighted by Gasteiger charge is 2.11. The molecule has 1 atom stereocenters. The fourth-order valence-corrected chi connectivity index (χ4v) is 1.76. The van der Waals surface area contributed by atoms with Gasteiger partial charge in [0.2, 0.25) is 0 Å². The van der Waals surface area contributed by atoms with Crippen LogP contribution in [0.3, 0.4) is 0 Å². The summed E-state index contributed by atoms with van der Waals surface area (Å²) in [7, 11) is 3.42. The Morgan fingerprint density at radius 2 is 2.17 bits per heavy atom. The zero-order valence-electron chi connectivity index (χ0n) is 11.3. The molecule has 1 unspecified atom stereocenters. The van der Waals surface area contributed by atoms with Crippen LogP contribution >= 0.6 is 0 Å². The molecule has 102 valence electrons. The Kier molecular flexibility index (Phi) is 6.04. The summed E-state index contributed by atoms with van der Waals surface area (Å²) in [5.74, 6) is 0.758. The molecule has 0 aliphatic heterocycles. The second kappa shape index (κ2) is 7.31. The number of pyridine rings is 1. The van der Waals surface area contributed by atoms with E-state index in [1.807, 2.05) is 31.0 Å². The van der Waals surface area contributed by atoms with Crippen LogP contribution in [0.2, 0.25) is 0 Å². The summed E-state index contributed by atoms with van der Waals surface area (Å²) in [5.41, 5.74) is 1.77. The highest BCUT2D eigenvalue weighted by molar-refractivity contribution is 5.42. The Balaban J connectivity index is 2.80. The molecular formula is C13H22N2O3. The minimum absolute atomic E-state index is 0.00299. The molecule has 0 amide bonds. The van der Waals surface area contributed by atoms with E-state index in [1.54, 1.807) is 7.11 Å². The van der Waals surface area contributed by atoms with Crippen LogP contribution in [0.5, 0.6) is 0 Å². The number of aliphatic hydroxyl groups excluding tert-OH is 2. The molecule has 5 nitrogen and oxygen atoms in total. The van der Waals surface area contributed by atoms with Crippen molar-refractivity contribution in [3.05, 3.63) is 23.4 Å². The van der Waals surface area contributed by atoms with Crippen molar-refractivity contribution in [3.63, 3.8) is 0 Å². The first-order valence-electron chi connectivity index (χ1n) is 6.09. The average molecular weight is 254 g/mol. The Morgan fingerprint density at radius 3 is 2.72 bits per heavy atom. The molecule has 1 aromatic heterocycles. The SMILES string of the molecule is CCc1cc(CO)cc(N(C)CC(O)COC)n1. The van der Waals surface area contributed by atoms with E-state index in [-0.39, 0.29) is 6.61 Å². The third kappa shape index (κ3) is 4.25. The molecule has 1 heterocycles. The number of nitrogens with zero attached hydrogens (tertiary/aromatic N) is 2. The first kappa shape index (κ1) is 14.9. The summed E-state index contributed by atoms with van der Waals surface area (Å²) in [4.78, 5) is 6.34. The maximum Gasteiger partial charge on any atom is 0.128 e. The standard InChI is InChI=1S/C13H22N2O3/c1-4-11-5-10(8-16)6-13(14-11)15(2)7-12(17)9-18-3/h5-6,12,16-17H,4,7-9H2,1-3H3. The van der Waals surface area contributed by atoms with Gasteiger partial charge in [-0.1, -0.05) is 6.92 Å². The lowest BCUT2D eigenvalue weighted by Crippen LogP contribution is -2.32. The van der Waals surface area contributed by atoms with Crippen molar-refractivity contribution >= 4 is 5.82 Å². The van der Waals surface area contributed by atoms with Crippen LogP contribution in [0, 0.1) is 0 Å². The number of anilines is 1. The molecule has 5 heteroatoms. The Hall–Kier alpha value is -1.17. The summed E-state index contributed by atoms with van der Waals surface area (Å²) < 4.78 is 4.89. The Bertz CT molecular complexity index is 349. The molecule has 18 heavy (non-hydrogen) atoms. The van der Waals surface area contributed by atoms with Crippen LogP contribution < -0.4 is 4.90 Å². The number of hydrogen-bond acceptors (Lipinski definition) is 5. The van der Waals surface area contributed by atoms with Gasteiger partial charge in [-0.2, -0.15) is 0 Å². The second-order valence-electron chi connectivity index (χ2n) is 4.33. The molecule has 1 aromatic rings. The van der Waals surface area contributed by atoms with Crippen molar-refractivity contribution in [3.8, 4) is 0 Å². The monoisotopic (exact) mass is 254 g/mol. The van der Waals surface area contributed by atoms with E-state index in [9.17, 15) is 10.2 Å². The molecule has 0 aliphatic rings. The summed E-state index contributed by atoms with van der Waals surface area (Å²) in [6.07, 6.45) is 0.264. The van der Waals surface area contributed by atoms with E-state index < -0.39 is 6.10 Å². The van der Waals surface area contributed by atoms with Gasteiger partial charge in [0.1, 0.15) is 5.82 Å². The largest absolute Gasteiger partial charge is 0.392 e. The van der Waals surface area contributed by atoms with Crippen molar-refractivity contribution < 1.29 is 14.9 Å². The molecule has 0 radical (unpaired) electrons. The van der Waals surface area contributed by atoms with Gasteiger partial charge in [-0.15, -0.1) is 0 Å². The van der Waals surface area contributed by atoms with Gasteiger partial charge in [0.15, 0.2) is 0 Å². The summed E-state index contributed by atoms with van der Waals surface area (Å²) in [5, 5.41) is 18.9. The summed E-state index contributed by atoms with van der Waals surface area (Å²) >= 11 is 0. The average Bonchev–Trinajstić information content (AvgIpc) is 2.38. The molecular weight excluding hydrogens is 232 g/mol. The Morgan fingerprint density at radius 1 is 1.44 bits per heavy atom. The van der Waals surface area contributed by atoms with Crippen molar-refractivity contribution in [2.75, 3.05) is 32.2 Å². The maximum absolute atomic E-state index is 9.69. The molecule has 2 N–H and O–H groups in total. The number of hydrogen-bond donors (Lipinski definition) is 2. The zero-order valence-corrected chi connectivity index (χ0v) is 11.3. The van der Waals surface area contributed by atoms with Gasteiger partial charge in [-0.3, -0.25) is 0 Å². The third-order valence-corrected chi connectivity index (χ3v) is 2.70. The highest BCUT2D eigenvalue weighted by atomic mass is 16.5. The Labute approximate surface area is 108 Å². The number of ether oxygens (including phenoxy) is 1. The topological polar surface area (TPSA) is 65.8 Å². The number of likely N-dealkylation sites (N-methyl/N-ethyl adjacent to an activating group) is 1. The van der Waals surface area contributed by atoms with Crippen LogP contribution in [0.1, 0.15) is 18.2 Å². The lowest BCUT2D eigenvalue weighted by atomic mass is 10.2. The van der Waals surface area contributed by atoms with Gasteiger partial charge in [0.25, 0.3) is 0 Å². The zero-order chi connectivity index (χ0) is 13.5. The number of aryl methyl sites for hydroxylation is 1. The van der Waals surface area contributed by atoms with E-state index in [1.165, 1.54) is 0 Å². The van der Waals surface area contributed by atoms with Crippen LogP contribution in [0.25, 0.3) is 0 Å². The predicted octanol–water partition coefficient (Wildman–Crippen LogP) is 0.580. The maximum atomic E-state index is 9.69. The number of aromatic nitrogens is 1. The van der Waals surface area contributed by atoms with Crippen LogP contribution in [-0.2, 0) is 17.8 Å².